The topological polar surface area (TPSA) is 109 Å². The lowest BCUT2D eigenvalue weighted by Gasteiger charge is -2.30. The molecule has 3 heterocycles. The predicted octanol–water partition coefficient (Wildman–Crippen LogP) is 2.33. The molecule has 1 fully saturated rings. The number of carbonyl (C=O) groups excluding carboxylic acids is 1. The molecule has 0 radical (unpaired) electrons. The van der Waals surface area contributed by atoms with Crippen molar-refractivity contribution < 1.29 is 4.79 Å². The van der Waals surface area contributed by atoms with Gasteiger partial charge in [0, 0.05) is 25.5 Å². The molecule has 1 amide bonds. The molecule has 1 aliphatic heterocycles. The minimum absolute atomic E-state index is 0.00277. The second-order valence-corrected chi connectivity index (χ2v) is 9.64. The molecular weight excluding hydrogens is 444 g/mol. The molecule has 9 nitrogen and oxygen atoms in total. The first-order valence-corrected chi connectivity index (χ1v) is 12.1. The van der Waals surface area contributed by atoms with Gasteiger partial charge in [0.25, 0.3) is 5.56 Å². The van der Waals surface area contributed by atoms with E-state index < -0.39 is 11.2 Å². The van der Waals surface area contributed by atoms with Crippen LogP contribution in [0.2, 0.25) is 0 Å². The molecule has 9 heteroatoms. The average molecular weight is 479 g/mol. The molecule has 3 N–H and O–H groups in total. The summed E-state index contributed by atoms with van der Waals surface area (Å²) in [4.78, 5) is 45.3. The molecule has 0 saturated carbocycles. The monoisotopic (exact) mass is 478 g/mol. The number of likely N-dealkylation sites (tertiary alicyclic amines) is 1. The smallest absolute Gasteiger partial charge is 0.330 e. The fourth-order valence-electron chi connectivity index (χ4n) is 4.87. The van der Waals surface area contributed by atoms with Crippen LogP contribution in [0.25, 0.3) is 0 Å². The Morgan fingerprint density at radius 3 is 2.57 bits per heavy atom. The number of carbonyl (C=O) groups is 1. The zero-order valence-electron chi connectivity index (χ0n) is 20.6. The van der Waals surface area contributed by atoms with E-state index in [0.717, 1.165) is 24.9 Å². The first-order chi connectivity index (χ1) is 16.8. The van der Waals surface area contributed by atoms with Crippen LogP contribution in [0.4, 0.5) is 11.5 Å². The predicted molar refractivity (Wildman–Crippen MR) is 137 cm³/mol. The summed E-state index contributed by atoms with van der Waals surface area (Å²) < 4.78 is 3.40. The lowest BCUT2D eigenvalue weighted by Crippen LogP contribution is -2.46. The van der Waals surface area contributed by atoms with Crippen LogP contribution in [-0.4, -0.2) is 44.6 Å². The van der Waals surface area contributed by atoms with Crippen LogP contribution in [0, 0.1) is 5.92 Å². The Hall–Kier alpha value is -3.59. The van der Waals surface area contributed by atoms with E-state index in [0.29, 0.717) is 6.54 Å². The molecule has 0 aliphatic carbocycles. The number of hydrogen-bond donors (Lipinski definition) is 2. The molecule has 0 spiro atoms. The van der Waals surface area contributed by atoms with Gasteiger partial charge in [0.1, 0.15) is 5.82 Å². The summed E-state index contributed by atoms with van der Waals surface area (Å²) in [6, 6.07) is 13.6. The first-order valence-electron chi connectivity index (χ1n) is 12.1. The van der Waals surface area contributed by atoms with E-state index in [9.17, 15) is 14.4 Å². The van der Waals surface area contributed by atoms with E-state index >= 15 is 0 Å². The van der Waals surface area contributed by atoms with Gasteiger partial charge in [-0.15, -0.1) is 0 Å². The molecule has 0 bridgehead atoms. The molecule has 2 aromatic heterocycles. The first kappa shape index (κ1) is 24.5. The Morgan fingerprint density at radius 2 is 1.91 bits per heavy atom. The average Bonchev–Trinajstić information content (AvgIpc) is 3.44. The highest BCUT2D eigenvalue weighted by Gasteiger charge is 2.32. The van der Waals surface area contributed by atoms with Gasteiger partial charge in [0.2, 0.25) is 5.91 Å². The van der Waals surface area contributed by atoms with Crippen molar-refractivity contribution in [2.75, 3.05) is 30.3 Å². The maximum atomic E-state index is 13.7. The van der Waals surface area contributed by atoms with Gasteiger partial charge in [-0.2, -0.15) is 0 Å². The minimum atomic E-state index is -0.647. The highest BCUT2D eigenvalue weighted by Crippen LogP contribution is 2.32. The van der Waals surface area contributed by atoms with Crippen LogP contribution in [0.15, 0.2) is 58.3 Å². The van der Waals surface area contributed by atoms with Gasteiger partial charge in [0.15, 0.2) is 5.69 Å². The molecule has 1 aromatic carbocycles. The van der Waals surface area contributed by atoms with Crippen LogP contribution in [0.5, 0.6) is 0 Å². The van der Waals surface area contributed by atoms with Crippen molar-refractivity contribution in [3.05, 3.63) is 80.8 Å². The van der Waals surface area contributed by atoms with Gasteiger partial charge in [-0.3, -0.25) is 24.0 Å². The zero-order valence-corrected chi connectivity index (χ0v) is 20.6. The van der Waals surface area contributed by atoms with Crippen molar-refractivity contribution in [3.63, 3.8) is 0 Å². The number of rotatable bonds is 8. The number of anilines is 2. The summed E-state index contributed by atoms with van der Waals surface area (Å²) in [5.74, 6) is -0.117. The minimum Gasteiger partial charge on any atom is -0.383 e. The van der Waals surface area contributed by atoms with E-state index in [1.165, 1.54) is 15.2 Å². The molecule has 1 atom stereocenters. The van der Waals surface area contributed by atoms with Crippen LogP contribution >= 0.6 is 0 Å². The maximum absolute atomic E-state index is 13.7. The molecule has 35 heavy (non-hydrogen) atoms. The summed E-state index contributed by atoms with van der Waals surface area (Å²) in [6.07, 6.45) is 3.98. The summed E-state index contributed by atoms with van der Waals surface area (Å²) in [5.41, 5.74) is 7.23. The van der Waals surface area contributed by atoms with Gasteiger partial charge in [-0.25, -0.2) is 4.79 Å². The van der Waals surface area contributed by atoms with E-state index in [4.69, 9.17) is 5.73 Å². The maximum Gasteiger partial charge on any atom is 0.330 e. The van der Waals surface area contributed by atoms with Crippen molar-refractivity contribution in [3.8, 4) is 0 Å². The molecule has 0 unspecified atom stereocenters. The van der Waals surface area contributed by atoms with Crippen molar-refractivity contribution in [1.82, 2.24) is 19.0 Å². The van der Waals surface area contributed by atoms with Gasteiger partial charge < -0.3 is 15.2 Å². The van der Waals surface area contributed by atoms with Crippen LogP contribution in [0.1, 0.15) is 44.0 Å². The normalized spacial score (nSPS) is 16.2. The number of aromatic amines is 1. The number of amides is 1. The van der Waals surface area contributed by atoms with Crippen LogP contribution in [-0.2, 0) is 18.4 Å². The second kappa shape index (κ2) is 10.4. The number of aromatic nitrogens is 3. The number of nitrogens with two attached hydrogens (primary N) is 1. The summed E-state index contributed by atoms with van der Waals surface area (Å²) in [7, 11) is 2.01. The molecule has 3 aromatic rings. The van der Waals surface area contributed by atoms with E-state index in [2.05, 4.69) is 20.5 Å². The Morgan fingerprint density at radius 1 is 1.17 bits per heavy atom. The molecule has 1 aliphatic rings. The lowest BCUT2D eigenvalue weighted by molar-refractivity contribution is -0.120. The van der Waals surface area contributed by atoms with Crippen LogP contribution < -0.4 is 21.9 Å². The number of H-pyrrole nitrogens is 1. The quantitative estimate of drug-likeness (QED) is 0.517. The summed E-state index contributed by atoms with van der Waals surface area (Å²) in [5, 5.41) is 0. The number of nitrogen functional groups attached to an aromatic ring is 1. The fourth-order valence-corrected chi connectivity index (χ4v) is 4.87. The molecule has 4 rings (SSSR count). The third-order valence-corrected chi connectivity index (χ3v) is 6.54. The third-order valence-electron chi connectivity index (χ3n) is 6.54. The van der Waals surface area contributed by atoms with Gasteiger partial charge in [0.05, 0.1) is 19.1 Å². The number of aryl methyl sites for hydroxylation is 1. The van der Waals surface area contributed by atoms with Crippen molar-refractivity contribution >= 4 is 17.4 Å². The van der Waals surface area contributed by atoms with Crippen molar-refractivity contribution in [2.45, 2.75) is 39.3 Å². The molecule has 186 valence electrons. The van der Waals surface area contributed by atoms with E-state index in [1.807, 2.05) is 63.5 Å². The third kappa shape index (κ3) is 5.24. The van der Waals surface area contributed by atoms with E-state index in [1.54, 1.807) is 0 Å². The number of nitrogens with one attached hydrogen (secondary N) is 1. The molecule has 1 saturated heterocycles. The lowest BCUT2D eigenvalue weighted by atomic mass is 10.1. The largest absolute Gasteiger partial charge is 0.383 e. The SMILES string of the molecule is CC(C)CN(C(=O)CN1CCC[C@@H]1c1cccn1C)c1c(N)n(Cc2ccccc2)c(=O)[nH]c1=O. The van der Waals surface area contributed by atoms with E-state index in [-0.39, 0.29) is 42.5 Å². The standard InChI is InChI=1S/C26H34N6O3/c1-18(2)15-31(22(33)17-30-14-8-12-21(30)20-11-7-13-29(20)3)23-24(27)32(26(35)28-25(23)34)16-19-9-5-4-6-10-19/h4-7,9-11,13,18,21H,8,12,14-17,27H2,1-3H3,(H,28,34,35)/t21-/m1/s1. The Balaban J connectivity index is 1.67. The zero-order chi connectivity index (χ0) is 25.1. The highest BCUT2D eigenvalue weighted by atomic mass is 16.2. The Kier molecular flexibility index (Phi) is 7.25. The van der Waals surface area contributed by atoms with Crippen molar-refractivity contribution in [1.29, 1.82) is 0 Å². The Bertz CT molecular complexity index is 1290. The second-order valence-electron chi connectivity index (χ2n) is 9.64. The Labute approximate surface area is 204 Å². The number of nitrogens with zero attached hydrogens (tertiary/aromatic N) is 4. The fraction of sp³-hybridized carbons (Fsp3) is 0.423. The number of benzene rings is 1. The highest BCUT2D eigenvalue weighted by molar-refractivity contribution is 5.97. The summed E-state index contributed by atoms with van der Waals surface area (Å²) >= 11 is 0. The van der Waals surface area contributed by atoms with Gasteiger partial charge >= 0.3 is 5.69 Å². The van der Waals surface area contributed by atoms with Gasteiger partial charge in [-0.1, -0.05) is 44.2 Å². The van der Waals surface area contributed by atoms with Crippen LogP contribution in [0.3, 0.4) is 0 Å². The van der Waals surface area contributed by atoms with Crippen molar-refractivity contribution in [2.24, 2.45) is 13.0 Å². The molecular formula is C26H34N6O3. The summed E-state index contributed by atoms with van der Waals surface area (Å²) in [6.45, 7) is 5.44. The van der Waals surface area contributed by atoms with Gasteiger partial charge in [-0.05, 0) is 43.0 Å². The number of hydrogen-bond acceptors (Lipinski definition) is 5.